The van der Waals surface area contributed by atoms with Gasteiger partial charge < -0.3 is 9.84 Å². The number of aryl methyl sites for hydroxylation is 1. The molecule has 3 rings (SSSR count). The fourth-order valence-electron chi connectivity index (χ4n) is 1.89. The molecule has 0 spiro atoms. The summed E-state index contributed by atoms with van der Waals surface area (Å²) in [5.41, 5.74) is 0. The van der Waals surface area contributed by atoms with Crippen molar-refractivity contribution in [1.29, 1.82) is 0 Å². The van der Waals surface area contributed by atoms with Crippen LogP contribution in [0.4, 0.5) is 5.82 Å². The topological polar surface area (TPSA) is 63.8 Å². The molecule has 0 aliphatic carbocycles. The molecule has 3 aromatic rings. The largest absolute Gasteiger partial charge is 0.362 e. The average molecular weight is 319 g/mol. The van der Waals surface area contributed by atoms with E-state index in [1.54, 1.807) is 13.1 Å². The van der Waals surface area contributed by atoms with Gasteiger partial charge in [0.2, 0.25) is 5.89 Å². The molecule has 0 saturated carbocycles. The quantitative estimate of drug-likeness (QED) is 0.802. The van der Waals surface area contributed by atoms with Crippen molar-refractivity contribution >= 4 is 32.5 Å². The van der Waals surface area contributed by atoms with Crippen LogP contribution in [0.25, 0.3) is 10.8 Å². The summed E-state index contributed by atoms with van der Waals surface area (Å²) in [5, 5.41) is 9.24. The molecule has 0 bridgehead atoms. The Morgan fingerprint density at radius 3 is 2.95 bits per heavy atom. The molecule has 0 aliphatic heterocycles. The van der Waals surface area contributed by atoms with Gasteiger partial charge in [0, 0.05) is 28.4 Å². The fraction of sp³-hybridized carbons (Fsp3) is 0.154. The summed E-state index contributed by atoms with van der Waals surface area (Å²) in [5.74, 6) is 1.98. The van der Waals surface area contributed by atoms with Crippen molar-refractivity contribution in [2.24, 2.45) is 0 Å². The van der Waals surface area contributed by atoms with Gasteiger partial charge in [0.25, 0.3) is 0 Å². The molecule has 0 unspecified atom stereocenters. The van der Waals surface area contributed by atoms with E-state index >= 15 is 0 Å². The molecule has 0 fully saturated rings. The Balaban J connectivity index is 1.91. The average Bonchev–Trinajstić information content (AvgIpc) is 2.83. The minimum Gasteiger partial charge on any atom is -0.362 e. The van der Waals surface area contributed by atoms with Gasteiger partial charge in [-0.3, -0.25) is 0 Å². The van der Waals surface area contributed by atoms with Crippen LogP contribution in [0.2, 0.25) is 0 Å². The number of nitrogens with zero attached hydrogens (tertiary/aromatic N) is 3. The Kier molecular flexibility index (Phi) is 3.16. The third kappa shape index (κ3) is 2.44. The second-order valence-corrected chi connectivity index (χ2v) is 4.93. The Morgan fingerprint density at radius 2 is 2.16 bits per heavy atom. The first-order valence-corrected chi connectivity index (χ1v) is 6.59. The van der Waals surface area contributed by atoms with E-state index in [1.807, 2.05) is 24.3 Å². The van der Waals surface area contributed by atoms with E-state index < -0.39 is 0 Å². The molecule has 6 heteroatoms. The lowest BCUT2D eigenvalue weighted by molar-refractivity contribution is 0.388. The predicted octanol–water partition coefficient (Wildman–Crippen LogP) is 3.30. The van der Waals surface area contributed by atoms with Crippen LogP contribution in [0.5, 0.6) is 0 Å². The van der Waals surface area contributed by atoms with Gasteiger partial charge in [-0.25, -0.2) is 4.98 Å². The molecule has 96 valence electrons. The number of aromatic nitrogens is 3. The van der Waals surface area contributed by atoms with Crippen molar-refractivity contribution in [2.75, 3.05) is 5.32 Å². The zero-order valence-electron chi connectivity index (χ0n) is 10.2. The zero-order valence-corrected chi connectivity index (χ0v) is 11.8. The van der Waals surface area contributed by atoms with Gasteiger partial charge in [-0.2, -0.15) is 4.98 Å². The number of hydrogen-bond donors (Lipinski definition) is 1. The predicted molar refractivity (Wildman–Crippen MR) is 75.8 cm³/mol. The van der Waals surface area contributed by atoms with E-state index in [0.717, 1.165) is 21.1 Å². The maximum absolute atomic E-state index is 4.93. The maximum atomic E-state index is 4.93. The fourth-order valence-corrected chi connectivity index (χ4v) is 2.38. The molecule has 19 heavy (non-hydrogen) atoms. The van der Waals surface area contributed by atoms with Crippen LogP contribution in [0.1, 0.15) is 11.7 Å². The number of benzene rings is 1. The van der Waals surface area contributed by atoms with Gasteiger partial charge in [-0.1, -0.05) is 33.2 Å². The van der Waals surface area contributed by atoms with Crippen molar-refractivity contribution in [1.82, 2.24) is 15.1 Å². The third-order valence-electron chi connectivity index (χ3n) is 2.74. The van der Waals surface area contributed by atoms with Crippen LogP contribution < -0.4 is 5.32 Å². The molecule has 0 amide bonds. The van der Waals surface area contributed by atoms with E-state index in [9.17, 15) is 0 Å². The monoisotopic (exact) mass is 318 g/mol. The molecule has 5 nitrogen and oxygen atoms in total. The summed E-state index contributed by atoms with van der Waals surface area (Å²) in [6, 6.07) is 7.99. The Morgan fingerprint density at radius 1 is 1.26 bits per heavy atom. The van der Waals surface area contributed by atoms with E-state index in [2.05, 4.69) is 36.4 Å². The highest BCUT2D eigenvalue weighted by atomic mass is 79.9. The van der Waals surface area contributed by atoms with Crippen LogP contribution in [0.15, 0.2) is 39.5 Å². The molecule has 0 saturated heterocycles. The van der Waals surface area contributed by atoms with Crippen molar-refractivity contribution < 1.29 is 4.52 Å². The van der Waals surface area contributed by atoms with Crippen LogP contribution >= 0.6 is 15.9 Å². The minimum atomic E-state index is 0.482. The van der Waals surface area contributed by atoms with Gasteiger partial charge in [0.05, 0.1) is 6.54 Å². The highest BCUT2D eigenvalue weighted by Crippen LogP contribution is 2.27. The molecule has 0 atom stereocenters. The highest BCUT2D eigenvalue weighted by Gasteiger charge is 2.06. The number of hydrogen-bond acceptors (Lipinski definition) is 5. The van der Waals surface area contributed by atoms with Crippen LogP contribution in [-0.4, -0.2) is 15.1 Å². The number of fused-ring (bicyclic) bond motifs is 1. The van der Waals surface area contributed by atoms with Crippen LogP contribution in [-0.2, 0) is 6.54 Å². The second-order valence-electron chi connectivity index (χ2n) is 4.08. The summed E-state index contributed by atoms with van der Waals surface area (Å²) >= 11 is 3.54. The maximum Gasteiger partial charge on any atom is 0.223 e. The van der Waals surface area contributed by atoms with E-state index in [1.165, 1.54) is 0 Å². The SMILES string of the molecule is Cc1nc(CNc2nccc3c(Br)cccc23)no1. The lowest BCUT2D eigenvalue weighted by Gasteiger charge is -2.07. The van der Waals surface area contributed by atoms with Gasteiger partial charge in [-0.05, 0) is 12.1 Å². The number of rotatable bonds is 3. The van der Waals surface area contributed by atoms with Crippen LogP contribution in [0.3, 0.4) is 0 Å². The van der Waals surface area contributed by atoms with Gasteiger partial charge in [0.15, 0.2) is 5.82 Å². The van der Waals surface area contributed by atoms with Crippen molar-refractivity contribution in [3.8, 4) is 0 Å². The molecular weight excluding hydrogens is 308 g/mol. The van der Waals surface area contributed by atoms with Gasteiger partial charge >= 0.3 is 0 Å². The Hall–Kier alpha value is -1.95. The second kappa shape index (κ2) is 4.97. The van der Waals surface area contributed by atoms with Gasteiger partial charge in [-0.15, -0.1) is 0 Å². The molecule has 2 heterocycles. The molecule has 2 aromatic heterocycles. The number of pyridine rings is 1. The normalized spacial score (nSPS) is 10.8. The first-order valence-electron chi connectivity index (χ1n) is 5.80. The Labute approximate surface area is 118 Å². The van der Waals surface area contributed by atoms with E-state index in [0.29, 0.717) is 18.3 Å². The molecule has 0 radical (unpaired) electrons. The third-order valence-corrected chi connectivity index (χ3v) is 3.43. The zero-order chi connectivity index (χ0) is 13.2. The number of nitrogens with one attached hydrogen (secondary N) is 1. The molecule has 0 aliphatic rings. The van der Waals surface area contributed by atoms with E-state index in [-0.39, 0.29) is 0 Å². The standard InChI is InChI=1S/C13H11BrN4O/c1-8-17-12(18-19-8)7-16-13-10-3-2-4-11(14)9(10)5-6-15-13/h2-6H,7H2,1H3,(H,15,16). The highest BCUT2D eigenvalue weighted by molar-refractivity contribution is 9.10. The van der Waals surface area contributed by atoms with Crippen LogP contribution in [0, 0.1) is 6.92 Å². The van der Waals surface area contributed by atoms with Crippen molar-refractivity contribution in [3.05, 3.63) is 46.7 Å². The molecular formula is C13H11BrN4O. The number of anilines is 1. The lowest BCUT2D eigenvalue weighted by atomic mass is 10.1. The number of halogens is 1. The molecule has 1 aromatic carbocycles. The smallest absolute Gasteiger partial charge is 0.223 e. The summed E-state index contributed by atoms with van der Waals surface area (Å²) in [7, 11) is 0. The Bertz CT molecular complexity index is 725. The van der Waals surface area contributed by atoms with Gasteiger partial charge in [0.1, 0.15) is 5.82 Å². The first kappa shape index (κ1) is 12.1. The van der Waals surface area contributed by atoms with Crippen molar-refractivity contribution in [2.45, 2.75) is 13.5 Å². The lowest BCUT2D eigenvalue weighted by Crippen LogP contribution is -2.03. The summed E-state index contributed by atoms with van der Waals surface area (Å²) in [6.07, 6.45) is 1.77. The summed E-state index contributed by atoms with van der Waals surface area (Å²) in [6.45, 7) is 2.25. The first-order chi connectivity index (χ1) is 9.24. The summed E-state index contributed by atoms with van der Waals surface area (Å²) < 4.78 is 5.98. The summed E-state index contributed by atoms with van der Waals surface area (Å²) in [4.78, 5) is 8.50. The minimum absolute atomic E-state index is 0.482. The molecule has 1 N–H and O–H groups in total. The van der Waals surface area contributed by atoms with Crippen molar-refractivity contribution in [3.63, 3.8) is 0 Å². The van der Waals surface area contributed by atoms with E-state index in [4.69, 9.17) is 4.52 Å².